The van der Waals surface area contributed by atoms with Crippen LogP contribution in [-0.4, -0.2) is 25.9 Å². The van der Waals surface area contributed by atoms with Crippen molar-refractivity contribution in [3.8, 4) is 11.5 Å². The molecule has 0 bridgehead atoms. The van der Waals surface area contributed by atoms with E-state index in [4.69, 9.17) is 14.2 Å². The van der Waals surface area contributed by atoms with E-state index in [1.165, 1.54) is 37.8 Å². The second kappa shape index (κ2) is 11.1. The summed E-state index contributed by atoms with van der Waals surface area (Å²) < 4.78 is 45.4. The number of hydrogen-bond acceptors (Lipinski definition) is 3. The second-order valence-electron chi connectivity index (χ2n) is 8.68. The maximum atomic E-state index is 14.3. The van der Waals surface area contributed by atoms with Crippen molar-refractivity contribution in [3.05, 3.63) is 23.8 Å². The van der Waals surface area contributed by atoms with Crippen molar-refractivity contribution in [1.29, 1.82) is 0 Å². The first-order valence-electron chi connectivity index (χ1n) is 11.5. The minimum Gasteiger partial charge on any atom is -0.490 e. The molecule has 29 heavy (non-hydrogen) atoms. The zero-order valence-electron chi connectivity index (χ0n) is 17.9. The Kier molecular flexibility index (Phi) is 8.58. The molecule has 164 valence electrons. The lowest BCUT2D eigenvalue weighted by atomic mass is 9.74. The summed E-state index contributed by atoms with van der Waals surface area (Å²) in [5.74, 6) is -0.128. The van der Waals surface area contributed by atoms with Crippen LogP contribution in [0.4, 0.5) is 8.78 Å². The van der Waals surface area contributed by atoms with Gasteiger partial charge in [0.15, 0.2) is 11.5 Å². The first kappa shape index (κ1) is 22.3. The molecule has 0 spiro atoms. The molecule has 0 amide bonds. The number of benzene rings is 1. The molecule has 5 heteroatoms. The Morgan fingerprint density at radius 1 is 0.897 bits per heavy atom. The third kappa shape index (κ3) is 6.07. The number of rotatable bonds is 9. The molecule has 0 aromatic heterocycles. The average Bonchev–Trinajstić information content (AvgIpc) is 2.77. The summed E-state index contributed by atoms with van der Waals surface area (Å²) in [7, 11) is 0. The molecule has 1 saturated heterocycles. The van der Waals surface area contributed by atoms with Gasteiger partial charge in [-0.15, -0.1) is 0 Å². The van der Waals surface area contributed by atoms with Crippen LogP contribution >= 0.6 is 0 Å². The first-order valence-corrected chi connectivity index (χ1v) is 11.5. The number of hydrogen-bond donors (Lipinski definition) is 0. The molecule has 1 heterocycles. The van der Waals surface area contributed by atoms with Gasteiger partial charge in [0.25, 0.3) is 0 Å². The van der Waals surface area contributed by atoms with Gasteiger partial charge < -0.3 is 14.2 Å². The minimum atomic E-state index is -0.954. The van der Waals surface area contributed by atoms with Crippen LogP contribution in [0.5, 0.6) is 11.5 Å². The highest BCUT2D eigenvalue weighted by atomic mass is 19.2. The molecule has 1 aliphatic carbocycles. The van der Waals surface area contributed by atoms with Crippen molar-refractivity contribution in [2.75, 3.05) is 19.8 Å². The van der Waals surface area contributed by atoms with E-state index in [2.05, 4.69) is 6.92 Å². The van der Waals surface area contributed by atoms with Crippen molar-refractivity contribution in [3.63, 3.8) is 0 Å². The van der Waals surface area contributed by atoms with Crippen molar-refractivity contribution in [2.45, 2.75) is 77.7 Å². The Hall–Kier alpha value is -1.36. The van der Waals surface area contributed by atoms with Crippen LogP contribution in [0, 0.1) is 29.4 Å². The van der Waals surface area contributed by atoms with Gasteiger partial charge in [0.2, 0.25) is 11.6 Å². The highest BCUT2D eigenvalue weighted by molar-refractivity contribution is 5.35. The lowest BCUT2D eigenvalue weighted by Gasteiger charge is -2.37. The Morgan fingerprint density at radius 2 is 1.55 bits per heavy atom. The van der Waals surface area contributed by atoms with E-state index in [0.717, 1.165) is 44.6 Å². The molecule has 1 aromatic rings. The van der Waals surface area contributed by atoms with Crippen molar-refractivity contribution >= 4 is 0 Å². The van der Waals surface area contributed by atoms with E-state index in [1.807, 2.05) is 6.92 Å². The summed E-state index contributed by atoms with van der Waals surface area (Å²) in [6.45, 7) is 5.95. The predicted octanol–water partition coefficient (Wildman–Crippen LogP) is 6.53. The molecule has 3 rings (SSSR count). The molecular formula is C24H36F2O3. The SMILES string of the molecule is CCCCOc1ccc(OCC2CCC(C3CCC(CC)OC3)CC2)c(F)c1F. The Balaban J connectivity index is 1.43. The minimum absolute atomic E-state index is 0.0150. The van der Waals surface area contributed by atoms with Gasteiger partial charge in [-0.3, -0.25) is 0 Å². The fourth-order valence-electron chi connectivity index (χ4n) is 4.62. The first-order chi connectivity index (χ1) is 14.1. The number of halogens is 2. The van der Waals surface area contributed by atoms with Crippen LogP contribution in [0.3, 0.4) is 0 Å². The molecular weight excluding hydrogens is 374 g/mol. The van der Waals surface area contributed by atoms with Gasteiger partial charge in [-0.2, -0.15) is 8.78 Å². The smallest absolute Gasteiger partial charge is 0.204 e. The highest BCUT2D eigenvalue weighted by Crippen LogP contribution is 2.38. The Labute approximate surface area is 174 Å². The van der Waals surface area contributed by atoms with E-state index in [9.17, 15) is 8.78 Å². The van der Waals surface area contributed by atoms with Crippen LogP contribution in [0.15, 0.2) is 12.1 Å². The van der Waals surface area contributed by atoms with Crippen molar-refractivity contribution in [1.82, 2.24) is 0 Å². The Bertz CT molecular complexity index is 621. The van der Waals surface area contributed by atoms with Gasteiger partial charge >= 0.3 is 0 Å². The molecule has 2 unspecified atom stereocenters. The zero-order chi connectivity index (χ0) is 20.6. The highest BCUT2D eigenvalue weighted by Gasteiger charge is 2.31. The van der Waals surface area contributed by atoms with E-state index in [1.54, 1.807) is 0 Å². The average molecular weight is 411 g/mol. The molecule has 0 N–H and O–H groups in total. The van der Waals surface area contributed by atoms with Crippen molar-refractivity contribution in [2.24, 2.45) is 17.8 Å². The maximum absolute atomic E-state index is 14.3. The molecule has 2 aliphatic rings. The predicted molar refractivity (Wildman–Crippen MR) is 110 cm³/mol. The lowest BCUT2D eigenvalue weighted by molar-refractivity contribution is -0.0405. The third-order valence-electron chi connectivity index (χ3n) is 6.66. The van der Waals surface area contributed by atoms with Gasteiger partial charge in [0, 0.05) is 0 Å². The van der Waals surface area contributed by atoms with E-state index in [0.29, 0.717) is 31.2 Å². The molecule has 2 atom stereocenters. The summed E-state index contributed by atoms with van der Waals surface area (Å²) >= 11 is 0. The van der Waals surface area contributed by atoms with Gasteiger partial charge in [-0.25, -0.2) is 0 Å². The number of ether oxygens (including phenoxy) is 3. The molecule has 1 aliphatic heterocycles. The summed E-state index contributed by atoms with van der Waals surface area (Å²) in [6.07, 6.45) is 10.3. The quantitative estimate of drug-likeness (QED) is 0.433. The second-order valence-corrected chi connectivity index (χ2v) is 8.68. The summed E-state index contributed by atoms with van der Waals surface area (Å²) in [4.78, 5) is 0. The fourth-order valence-corrected chi connectivity index (χ4v) is 4.62. The van der Waals surface area contributed by atoms with Crippen LogP contribution in [-0.2, 0) is 4.74 Å². The van der Waals surface area contributed by atoms with E-state index in [-0.39, 0.29) is 11.5 Å². The zero-order valence-corrected chi connectivity index (χ0v) is 17.9. The van der Waals surface area contributed by atoms with Gasteiger partial charge in [0.1, 0.15) is 0 Å². The molecule has 3 nitrogen and oxygen atoms in total. The lowest BCUT2D eigenvalue weighted by Crippen LogP contribution is -2.32. The maximum Gasteiger partial charge on any atom is 0.204 e. The van der Waals surface area contributed by atoms with Gasteiger partial charge in [-0.1, -0.05) is 20.3 Å². The van der Waals surface area contributed by atoms with Crippen LogP contribution in [0.1, 0.15) is 71.6 Å². The monoisotopic (exact) mass is 410 g/mol. The topological polar surface area (TPSA) is 27.7 Å². The third-order valence-corrected chi connectivity index (χ3v) is 6.66. The van der Waals surface area contributed by atoms with Gasteiger partial charge in [-0.05, 0) is 81.3 Å². The van der Waals surface area contributed by atoms with Crippen LogP contribution in [0.25, 0.3) is 0 Å². The molecule has 1 saturated carbocycles. The van der Waals surface area contributed by atoms with Crippen molar-refractivity contribution < 1.29 is 23.0 Å². The summed E-state index contributed by atoms with van der Waals surface area (Å²) in [6, 6.07) is 2.95. The standard InChI is InChI=1S/C24H36F2O3/c1-3-5-14-27-21-12-13-22(24(26)23(21)25)29-15-17-6-8-18(9-7-17)19-10-11-20(4-2)28-16-19/h12-13,17-20H,3-11,14-16H2,1-2H3. The molecule has 2 fully saturated rings. The van der Waals surface area contributed by atoms with Crippen LogP contribution < -0.4 is 9.47 Å². The largest absolute Gasteiger partial charge is 0.490 e. The normalized spacial score (nSPS) is 27.6. The fraction of sp³-hybridized carbons (Fsp3) is 0.750. The van der Waals surface area contributed by atoms with E-state index < -0.39 is 11.6 Å². The van der Waals surface area contributed by atoms with Gasteiger partial charge in [0.05, 0.1) is 25.9 Å². The van der Waals surface area contributed by atoms with E-state index >= 15 is 0 Å². The number of unbranched alkanes of at least 4 members (excludes halogenated alkanes) is 1. The summed E-state index contributed by atoms with van der Waals surface area (Å²) in [5, 5.41) is 0. The molecule has 1 aromatic carbocycles. The molecule has 0 radical (unpaired) electrons. The Morgan fingerprint density at radius 3 is 2.14 bits per heavy atom. The summed E-state index contributed by atoms with van der Waals surface area (Å²) in [5.41, 5.74) is 0. The van der Waals surface area contributed by atoms with Crippen LogP contribution in [0.2, 0.25) is 0 Å².